The molecule has 0 aromatic heterocycles. The molecule has 0 heterocycles. The third-order valence-corrected chi connectivity index (χ3v) is 0.962. The molecule has 0 radical (unpaired) electrons. The van der Waals surface area contributed by atoms with Crippen LogP contribution in [0.2, 0.25) is 0 Å². The summed E-state index contributed by atoms with van der Waals surface area (Å²) in [5.41, 5.74) is 0. The van der Waals surface area contributed by atoms with Gasteiger partial charge < -0.3 is 4.74 Å². The predicted molar refractivity (Wildman–Crippen MR) is 38.7 cm³/mol. The maximum absolute atomic E-state index is 10.3. The first kappa shape index (κ1) is 12.2. The van der Waals surface area contributed by atoms with Crippen molar-refractivity contribution in [2.24, 2.45) is 0 Å². The van der Waals surface area contributed by atoms with Gasteiger partial charge in [0, 0.05) is 6.42 Å². The first-order valence-corrected chi connectivity index (χ1v) is 2.88. The fourth-order valence-corrected chi connectivity index (χ4v) is 0.423. The van der Waals surface area contributed by atoms with Gasteiger partial charge in [0.05, 0.1) is 7.11 Å². The van der Waals surface area contributed by atoms with Gasteiger partial charge in [0.1, 0.15) is 0 Å². The average molecular weight is 140 g/mol. The van der Waals surface area contributed by atoms with Crippen molar-refractivity contribution >= 4 is 35.5 Å². The van der Waals surface area contributed by atoms with Gasteiger partial charge in [0.2, 0.25) is 0 Å². The fraction of sp³-hybridized carbons (Fsp3) is 0.833. The Morgan fingerprint density at radius 1 is 1.56 bits per heavy atom. The van der Waals surface area contributed by atoms with Crippen LogP contribution in [0, 0.1) is 0 Å². The fourth-order valence-electron chi connectivity index (χ4n) is 0.423. The molecule has 0 atom stereocenters. The maximum atomic E-state index is 10.3. The second kappa shape index (κ2) is 8.47. The Kier molecular flexibility index (Phi) is 11.5. The van der Waals surface area contributed by atoms with E-state index in [1.165, 1.54) is 7.11 Å². The van der Waals surface area contributed by atoms with Crippen molar-refractivity contribution in [3.05, 3.63) is 0 Å². The van der Waals surface area contributed by atoms with E-state index in [0.29, 0.717) is 6.42 Å². The molecular formula is C6H13NaO2. The Balaban J connectivity index is 0. The second-order valence-corrected chi connectivity index (χ2v) is 1.68. The summed E-state index contributed by atoms with van der Waals surface area (Å²) in [5, 5.41) is 0. The minimum atomic E-state index is -0.105. The molecule has 2 nitrogen and oxygen atoms in total. The zero-order chi connectivity index (χ0) is 6.41. The molecule has 0 spiro atoms. The molecule has 50 valence electrons. The number of ether oxygens (including phenoxy) is 1. The monoisotopic (exact) mass is 140 g/mol. The quantitative estimate of drug-likeness (QED) is 0.426. The van der Waals surface area contributed by atoms with Gasteiger partial charge in [-0.05, 0) is 6.42 Å². The Morgan fingerprint density at radius 2 is 2.11 bits per heavy atom. The van der Waals surface area contributed by atoms with Gasteiger partial charge in [-0.15, -0.1) is 0 Å². The molecule has 0 amide bonds. The Hall–Kier alpha value is 0.470. The molecule has 0 bridgehead atoms. The van der Waals surface area contributed by atoms with Crippen LogP contribution in [-0.2, 0) is 9.53 Å². The van der Waals surface area contributed by atoms with Gasteiger partial charge >= 0.3 is 35.5 Å². The molecule has 0 aliphatic carbocycles. The van der Waals surface area contributed by atoms with Crippen molar-refractivity contribution in [3.8, 4) is 0 Å². The molecular weight excluding hydrogens is 127 g/mol. The summed E-state index contributed by atoms with van der Waals surface area (Å²) >= 11 is 0. The van der Waals surface area contributed by atoms with Crippen LogP contribution in [0.15, 0.2) is 0 Å². The van der Waals surface area contributed by atoms with Crippen LogP contribution in [0.1, 0.15) is 26.2 Å². The first-order chi connectivity index (χ1) is 3.81. The third kappa shape index (κ3) is 8.47. The van der Waals surface area contributed by atoms with Crippen molar-refractivity contribution in [2.45, 2.75) is 26.2 Å². The molecule has 0 saturated heterocycles. The topological polar surface area (TPSA) is 26.3 Å². The SMILES string of the molecule is CCCCC(=O)OC.[NaH]. The number of esters is 1. The summed E-state index contributed by atoms with van der Waals surface area (Å²) in [6.07, 6.45) is 2.55. The molecule has 0 rings (SSSR count). The van der Waals surface area contributed by atoms with E-state index in [4.69, 9.17) is 0 Å². The minimum absolute atomic E-state index is 0. The van der Waals surface area contributed by atoms with Crippen LogP contribution in [0.4, 0.5) is 0 Å². The molecule has 0 saturated carbocycles. The first-order valence-electron chi connectivity index (χ1n) is 2.88. The number of hydrogen-bond acceptors (Lipinski definition) is 2. The van der Waals surface area contributed by atoms with Crippen LogP contribution in [0.25, 0.3) is 0 Å². The number of carbonyl (C=O) groups is 1. The Bertz CT molecular complexity index is 73.5. The van der Waals surface area contributed by atoms with Gasteiger partial charge in [0.25, 0.3) is 0 Å². The summed E-state index contributed by atoms with van der Waals surface area (Å²) in [6, 6.07) is 0. The van der Waals surface area contributed by atoms with E-state index >= 15 is 0 Å². The van der Waals surface area contributed by atoms with Crippen molar-refractivity contribution in [2.75, 3.05) is 7.11 Å². The average Bonchev–Trinajstić information content (AvgIpc) is 1.83. The molecule has 9 heavy (non-hydrogen) atoms. The molecule has 0 aliphatic heterocycles. The number of hydrogen-bond donors (Lipinski definition) is 0. The normalized spacial score (nSPS) is 7.78. The van der Waals surface area contributed by atoms with Crippen molar-refractivity contribution in [1.82, 2.24) is 0 Å². The Morgan fingerprint density at radius 3 is 2.44 bits per heavy atom. The third-order valence-electron chi connectivity index (χ3n) is 0.962. The number of carbonyl (C=O) groups excluding carboxylic acids is 1. The van der Waals surface area contributed by atoms with Crippen molar-refractivity contribution in [1.29, 1.82) is 0 Å². The van der Waals surface area contributed by atoms with Crippen molar-refractivity contribution < 1.29 is 9.53 Å². The summed E-state index contributed by atoms with van der Waals surface area (Å²) in [4.78, 5) is 10.3. The van der Waals surface area contributed by atoms with Crippen LogP contribution in [-0.4, -0.2) is 42.6 Å². The van der Waals surface area contributed by atoms with E-state index in [1.54, 1.807) is 0 Å². The molecule has 0 aromatic carbocycles. The van der Waals surface area contributed by atoms with Gasteiger partial charge in [-0.25, -0.2) is 0 Å². The van der Waals surface area contributed by atoms with Crippen LogP contribution >= 0.6 is 0 Å². The predicted octanol–water partition coefficient (Wildman–Crippen LogP) is 0.701. The van der Waals surface area contributed by atoms with E-state index in [1.807, 2.05) is 6.92 Å². The molecule has 0 N–H and O–H groups in total. The summed E-state index contributed by atoms with van der Waals surface area (Å²) in [6.45, 7) is 2.04. The van der Waals surface area contributed by atoms with E-state index in [-0.39, 0.29) is 35.5 Å². The second-order valence-electron chi connectivity index (χ2n) is 1.68. The van der Waals surface area contributed by atoms with E-state index in [0.717, 1.165) is 12.8 Å². The number of rotatable bonds is 3. The van der Waals surface area contributed by atoms with Crippen LogP contribution in [0.3, 0.4) is 0 Å². The molecule has 0 fully saturated rings. The molecule has 0 unspecified atom stereocenters. The van der Waals surface area contributed by atoms with E-state index < -0.39 is 0 Å². The summed E-state index contributed by atoms with van der Waals surface area (Å²) in [7, 11) is 1.41. The van der Waals surface area contributed by atoms with Crippen LogP contribution < -0.4 is 0 Å². The van der Waals surface area contributed by atoms with Gasteiger partial charge in [-0.1, -0.05) is 13.3 Å². The molecule has 0 aromatic rings. The standard InChI is InChI=1S/C6H12O2.Na.H/c1-3-4-5-6(7)8-2;;/h3-5H2,1-2H3;;. The van der Waals surface area contributed by atoms with E-state index in [9.17, 15) is 4.79 Å². The van der Waals surface area contributed by atoms with Crippen molar-refractivity contribution in [3.63, 3.8) is 0 Å². The number of unbranched alkanes of at least 4 members (excludes halogenated alkanes) is 1. The Labute approximate surface area is 78.3 Å². The van der Waals surface area contributed by atoms with Gasteiger partial charge in [-0.2, -0.15) is 0 Å². The van der Waals surface area contributed by atoms with Crippen LogP contribution in [0.5, 0.6) is 0 Å². The molecule has 0 aliphatic rings. The summed E-state index contributed by atoms with van der Waals surface area (Å²) < 4.78 is 4.41. The van der Waals surface area contributed by atoms with Gasteiger partial charge in [-0.3, -0.25) is 4.79 Å². The zero-order valence-electron chi connectivity index (χ0n) is 5.44. The summed E-state index contributed by atoms with van der Waals surface area (Å²) in [5.74, 6) is -0.105. The molecule has 3 heteroatoms. The zero-order valence-corrected chi connectivity index (χ0v) is 5.44. The van der Waals surface area contributed by atoms with Gasteiger partial charge in [0.15, 0.2) is 0 Å². The van der Waals surface area contributed by atoms with E-state index in [2.05, 4.69) is 4.74 Å². The number of methoxy groups -OCH3 is 1.